The molecule has 2 aliphatic heterocycles. The summed E-state index contributed by atoms with van der Waals surface area (Å²) in [6.45, 7) is 2.33. The van der Waals surface area contributed by atoms with Crippen LogP contribution >= 0.6 is 0 Å². The monoisotopic (exact) mass is 319 g/mol. The average molecular weight is 319 g/mol. The van der Waals surface area contributed by atoms with E-state index < -0.39 is 0 Å². The number of hydrogen-bond donors (Lipinski definition) is 1. The molecule has 23 heavy (non-hydrogen) atoms. The highest BCUT2D eigenvalue weighted by atomic mass is 16.5. The summed E-state index contributed by atoms with van der Waals surface area (Å²) in [7, 11) is 0. The van der Waals surface area contributed by atoms with Crippen LogP contribution in [0.4, 0.5) is 9.59 Å². The van der Waals surface area contributed by atoms with Gasteiger partial charge < -0.3 is 14.7 Å². The third-order valence-electron chi connectivity index (χ3n) is 4.77. The lowest BCUT2D eigenvalue weighted by atomic mass is 9.95. The smallest absolute Gasteiger partial charge is 0.328 e. The van der Waals surface area contributed by atoms with Crippen LogP contribution in [0.25, 0.3) is 0 Å². The standard InChI is InChI=1S/C15H21N5O3/c21-14-16-5-7-20(14)15(22)19-6-1-2-10(9-19)8-12-17-13(18-23-12)11-3-4-11/h10-11H,1-9H2,(H,16,21)/t10-/m0/s1. The van der Waals surface area contributed by atoms with E-state index >= 15 is 0 Å². The number of imide groups is 1. The largest absolute Gasteiger partial charge is 0.339 e. The maximum atomic E-state index is 12.5. The number of carbonyl (C=O) groups is 2. The van der Waals surface area contributed by atoms with Gasteiger partial charge in [-0.05, 0) is 31.6 Å². The lowest BCUT2D eigenvalue weighted by molar-refractivity contribution is 0.137. The fraction of sp³-hybridized carbons (Fsp3) is 0.733. The van der Waals surface area contributed by atoms with Gasteiger partial charge in [0.1, 0.15) is 0 Å². The third-order valence-corrected chi connectivity index (χ3v) is 4.77. The molecule has 124 valence electrons. The Morgan fingerprint density at radius 3 is 2.91 bits per heavy atom. The second-order valence-corrected chi connectivity index (χ2v) is 6.65. The zero-order chi connectivity index (χ0) is 15.8. The van der Waals surface area contributed by atoms with Crippen LogP contribution in [0.3, 0.4) is 0 Å². The molecule has 0 spiro atoms. The quantitative estimate of drug-likeness (QED) is 0.908. The zero-order valence-corrected chi connectivity index (χ0v) is 13.0. The van der Waals surface area contributed by atoms with Gasteiger partial charge >= 0.3 is 12.1 Å². The van der Waals surface area contributed by atoms with Crippen LogP contribution in [0.15, 0.2) is 4.52 Å². The Morgan fingerprint density at radius 2 is 2.17 bits per heavy atom. The number of nitrogens with one attached hydrogen (secondary N) is 1. The molecule has 8 nitrogen and oxygen atoms in total. The first-order valence-electron chi connectivity index (χ1n) is 8.37. The second kappa shape index (κ2) is 5.82. The fourth-order valence-corrected chi connectivity index (χ4v) is 3.34. The predicted octanol–water partition coefficient (Wildman–Crippen LogP) is 1.35. The number of rotatable bonds is 3. The number of hydrogen-bond acceptors (Lipinski definition) is 5. The van der Waals surface area contributed by atoms with Gasteiger partial charge in [0.05, 0.1) is 0 Å². The van der Waals surface area contributed by atoms with Crippen molar-refractivity contribution in [3.8, 4) is 0 Å². The summed E-state index contributed by atoms with van der Waals surface area (Å²) in [4.78, 5) is 31.6. The van der Waals surface area contributed by atoms with Gasteiger partial charge in [0.25, 0.3) is 0 Å². The second-order valence-electron chi connectivity index (χ2n) is 6.65. The molecular formula is C15H21N5O3. The normalized spacial score (nSPS) is 24.9. The molecule has 3 fully saturated rings. The van der Waals surface area contributed by atoms with Gasteiger partial charge in [-0.1, -0.05) is 5.16 Å². The first-order chi connectivity index (χ1) is 11.2. The van der Waals surface area contributed by atoms with E-state index in [1.165, 1.54) is 4.90 Å². The number of likely N-dealkylation sites (tertiary alicyclic amines) is 1. The number of nitrogens with zero attached hydrogens (tertiary/aromatic N) is 4. The Balaban J connectivity index is 1.36. The molecule has 4 rings (SSSR count). The van der Waals surface area contributed by atoms with Crippen LogP contribution in [-0.2, 0) is 6.42 Å². The molecule has 0 unspecified atom stereocenters. The van der Waals surface area contributed by atoms with Crippen LogP contribution in [-0.4, -0.2) is 58.2 Å². The van der Waals surface area contributed by atoms with Crippen molar-refractivity contribution in [2.24, 2.45) is 5.92 Å². The SMILES string of the molecule is O=C1NCCN1C(=O)N1CCC[C@@H](Cc2nc(C3CC3)no2)C1. The van der Waals surface area contributed by atoms with Crippen molar-refractivity contribution >= 4 is 12.1 Å². The Bertz CT molecular complexity index is 612. The molecule has 1 saturated carbocycles. The highest BCUT2D eigenvalue weighted by molar-refractivity contribution is 5.94. The Morgan fingerprint density at radius 1 is 1.30 bits per heavy atom. The number of carbonyl (C=O) groups excluding carboxylic acids is 2. The van der Waals surface area contributed by atoms with Gasteiger partial charge in [-0.25, -0.2) is 14.5 Å². The lowest BCUT2D eigenvalue weighted by Gasteiger charge is -2.33. The molecule has 1 aliphatic carbocycles. The van der Waals surface area contributed by atoms with Crippen LogP contribution < -0.4 is 5.32 Å². The predicted molar refractivity (Wildman–Crippen MR) is 79.8 cm³/mol. The molecule has 3 aliphatic rings. The molecule has 1 aromatic heterocycles. The minimum Gasteiger partial charge on any atom is -0.339 e. The molecule has 0 radical (unpaired) electrons. The van der Waals surface area contributed by atoms with Crippen molar-refractivity contribution in [2.45, 2.75) is 38.0 Å². The van der Waals surface area contributed by atoms with E-state index in [0.29, 0.717) is 50.3 Å². The Labute approximate surface area is 134 Å². The topological polar surface area (TPSA) is 91.6 Å². The van der Waals surface area contributed by atoms with Crippen molar-refractivity contribution in [1.82, 2.24) is 25.3 Å². The number of piperidine rings is 1. The number of urea groups is 2. The molecule has 8 heteroatoms. The summed E-state index contributed by atoms with van der Waals surface area (Å²) in [5, 5.41) is 6.71. The van der Waals surface area contributed by atoms with E-state index in [2.05, 4.69) is 15.5 Å². The summed E-state index contributed by atoms with van der Waals surface area (Å²) in [6, 6.07) is -0.475. The molecular weight excluding hydrogens is 298 g/mol. The van der Waals surface area contributed by atoms with Crippen LogP contribution in [0.2, 0.25) is 0 Å². The van der Waals surface area contributed by atoms with Crippen LogP contribution in [0.1, 0.15) is 43.3 Å². The van der Waals surface area contributed by atoms with Gasteiger partial charge in [0.15, 0.2) is 5.82 Å². The molecule has 0 aromatic carbocycles. The van der Waals surface area contributed by atoms with E-state index in [9.17, 15) is 9.59 Å². The number of aromatic nitrogens is 2. The summed E-state index contributed by atoms with van der Waals surface area (Å²) < 4.78 is 5.34. The Hall–Kier alpha value is -2.12. The summed E-state index contributed by atoms with van der Waals surface area (Å²) in [6.07, 6.45) is 4.99. The fourth-order valence-electron chi connectivity index (χ4n) is 3.34. The summed E-state index contributed by atoms with van der Waals surface area (Å²) in [5.41, 5.74) is 0. The van der Waals surface area contributed by atoms with Gasteiger partial charge in [0, 0.05) is 38.5 Å². The molecule has 0 bridgehead atoms. The molecule has 4 amide bonds. The minimum absolute atomic E-state index is 0.186. The van der Waals surface area contributed by atoms with Crippen molar-refractivity contribution in [2.75, 3.05) is 26.2 Å². The average Bonchev–Trinajstić information content (AvgIpc) is 3.16. The van der Waals surface area contributed by atoms with E-state index in [0.717, 1.165) is 31.5 Å². The first-order valence-corrected chi connectivity index (χ1v) is 8.37. The lowest BCUT2D eigenvalue weighted by Crippen LogP contribution is -2.48. The molecule has 2 saturated heterocycles. The Kier molecular flexibility index (Phi) is 3.66. The van der Waals surface area contributed by atoms with Crippen molar-refractivity contribution in [1.29, 1.82) is 0 Å². The van der Waals surface area contributed by atoms with Crippen LogP contribution in [0, 0.1) is 5.92 Å². The number of amides is 4. The van der Waals surface area contributed by atoms with E-state index in [-0.39, 0.29) is 12.1 Å². The zero-order valence-electron chi connectivity index (χ0n) is 13.0. The maximum absolute atomic E-state index is 12.5. The molecule has 1 atom stereocenters. The van der Waals surface area contributed by atoms with E-state index in [1.807, 2.05) is 0 Å². The highest BCUT2D eigenvalue weighted by Crippen LogP contribution is 2.38. The van der Waals surface area contributed by atoms with Gasteiger partial charge in [-0.15, -0.1) is 0 Å². The van der Waals surface area contributed by atoms with E-state index in [1.54, 1.807) is 4.90 Å². The molecule has 3 heterocycles. The highest BCUT2D eigenvalue weighted by Gasteiger charge is 2.34. The third kappa shape index (κ3) is 3.02. The summed E-state index contributed by atoms with van der Waals surface area (Å²) in [5.74, 6) is 2.30. The van der Waals surface area contributed by atoms with Crippen molar-refractivity contribution < 1.29 is 14.1 Å². The van der Waals surface area contributed by atoms with Crippen molar-refractivity contribution in [3.63, 3.8) is 0 Å². The maximum Gasteiger partial charge on any atom is 0.328 e. The van der Waals surface area contributed by atoms with Gasteiger partial charge in [-0.2, -0.15) is 4.98 Å². The first kappa shape index (κ1) is 14.5. The minimum atomic E-state index is -0.289. The van der Waals surface area contributed by atoms with Gasteiger partial charge in [-0.3, -0.25) is 0 Å². The van der Waals surface area contributed by atoms with E-state index in [4.69, 9.17) is 4.52 Å². The van der Waals surface area contributed by atoms with Gasteiger partial charge in [0.2, 0.25) is 5.89 Å². The van der Waals surface area contributed by atoms with Crippen LogP contribution in [0.5, 0.6) is 0 Å². The molecule has 1 N–H and O–H groups in total. The summed E-state index contributed by atoms with van der Waals surface area (Å²) >= 11 is 0. The van der Waals surface area contributed by atoms with Crippen molar-refractivity contribution in [3.05, 3.63) is 11.7 Å². The molecule has 1 aromatic rings.